The first kappa shape index (κ1) is 23.3. The average Bonchev–Trinajstić information content (AvgIpc) is 3.58. The fourth-order valence-corrected chi connectivity index (χ4v) is 5.38. The molecule has 34 heavy (non-hydrogen) atoms. The summed E-state index contributed by atoms with van der Waals surface area (Å²) in [6, 6.07) is 16.2. The van der Waals surface area contributed by atoms with Gasteiger partial charge in [0.05, 0.1) is 29.0 Å². The van der Waals surface area contributed by atoms with Gasteiger partial charge in [-0.05, 0) is 55.0 Å². The standard InChI is InChI=1S/C26H24ClN3O2S2/c1-33-22-9-6-18-11-19(25(29-23(18)12-22)17-4-7-20(27)8-5-17)14-30(15-21-3-2-10-32-21)26(31)24-13-28-16-34-24/h4-9,11-13,16,21H,2-3,10,14-15H2,1H3/t21-/m0/s1. The first-order chi connectivity index (χ1) is 16.6. The number of aromatic nitrogens is 2. The molecule has 0 spiro atoms. The molecule has 1 saturated heterocycles. The number of pyridine rings is 1. The van der Waals surface area contributed by atoms with Crippen molar-refractivity contribution in [1.82, 2.24) is 14.9 Å². The lowest BCUT2D eigenvalue weighted by Crippen LogP contribution is -2.36. The molecule has 1 fully saturated rings. The number of hydrogen-bond donors (Lipinski definition) is 0. The summed E-state index contributed by atoms with van der Waals surface area (Å²) in [5, 5.41) is 1.73. The van der Waals surface area contributed by atoms with E-state index in [0.29, 0.717) is 23.0 Å². The predicted molar refractivity (Wildman–Crippen MR) is 140 cm³/mol. The fraction of sp³-hybridized carbons (Fsp3) is 0.269. The predicted octanol–water partition coefficient (Wildman–Crippen LogP) is 6.56. The summed E-state index contributed by atoms with van der Waals surface area (Å²) >= 11 is 9.21. The van der Waals surface area contributed by atoms with Gasteiger partial charge in [0.2, 0.25) is 0 Å². The number of carbonyl (C=O) groups excluding carboxylic acids is 1. The lowest BCUT2D eigenvalue weighted by Gasteiger charge is -2.26. The number of halogens is 1. The Balaban J connectivity index is 1.58. The van der Waals surface area contributed by atoms with E-state index in [1.54, 1.807) is 23.5 Å². The highest BCUT2D eigenvalue weighted by Crippen LogP contribution is 2.30. The lowest BCUT2D eigenvalue weighted by atomic mass is 10.0. The van der Waals surface area contributed by atoms with Crippen LogP contribution in [0.15, 0.2) is 65.1 Å². The summed E-state index contributed by atoms with van der Waals surface area (Å²) in [6.45, 7) is 1.72. The minimum Gasteiger partial charge on any atom is -0.376 e. The van der Waals surface area contributed by atoms with Crippen LogP contribution in [-0.4, -0.2) is 46.3 Å². The molecule has 5 nitrogen and oxygen atoms in total. The maximum atomic E-state index is 13.4. The lowest BCUT2D eigenvalue weighted by molar-refractivity contribution is 0.0511. The third-order valence-corrected chi connectivity index (χ3v) is 7.70. The average molecular weight is 510 g/mol. The molecule has 1 amide bonds. The van der Waals surface area contributed by atoms with Crippen molar-refractivity contribution in [2.24, 2.45) is 0 Å². The SMILES string of the molecule is CSc1ccc2cc(CN(C[C@@H]3CCCO3)C(=O)c3cncs3)c(-c3ccc(Cl)cc3)nc2c1. The highest BCUT2D eigenvalue weighted by Gasteiger charge is 2.26. The molecule has 8 heteroatoms. The molecule has 0 N–H and O–H groups in total. The second kappa shape index (κ2) is 10.4. The van der Waals surface area contributed by atoms with Gasteiger partial charge in [0.1, 0.15) is 4.88 Å². The number of thioether (sulfide) groups is 1. The molecule has 2 aromatic heterocycles. The molecule has 174 valence electrons. The van der Waals surface area contributed by atoms with Crippen molar-refractivity contribution in [3.63, 3.8) is 0 Å². The summed E-state index contributed by atoms with van der Waals surface area (Å²) in [4.78, 5) is 26.3. The van der Waals surface area contributed by atoms with Crippen LogP contribution in [0.4, 0.5) is 0 Å². The fourth-order valence-electron chi connectivity index (χ4n) is 4.23. The van der Waals surface area contributed by atoms with Crippen molar-refractivity contribution in [2.45, 2.75) is 30.4 Å². The number of hydrogen-bond acceptors (Lipinski definition) is 6. The quantitative estimate of drug-likeness (QED) is 0.264. The number of benzene rings is 2. The zero-order valence-electron chi connectivity index (χ0n) is 18.7. The van der Waals surface area contributed by atoms with Crippen LogP contribution in [0.3, 0.4) is 0 Å². The van der Waals surface area contributed by atoms with E-state index >= 15 is 0 Å². The maximum absolute atomic E-state index is 13.4. The van der Waals surface area contributed by atoms with Gasteiger partial charge in [-0.2, -0.15) is 0 Å². The molecule has 0 unspecified atom stereocenters. The Morgan fingerprint density at radius 3 is 2.79 bits per heavy atom. The Labute approximate surface area is 212 Å². The molecule has 1 aliphatic heterocycles. The first-order valence-corrected chi connectivity index (χ1v) is 13.6. The minimum absolute atomic E-state index is 0.0297. The van der Waals surface area contributed by atoms with Gasteiger partial charge < -0.3 is 9.64 Å². The summed E-state index contributed by atoms with van der Waals surface area (Å²) in [5.74, 6) is -0.0297. The number of nitrogens with zero attached hydrogens (tertiary/aromatic N) is 3. The molecule has 0 bridgehead atoms. The number of carbonyl (C=O) groups is 1. The van der Waals surface area contributed by atoms with E-state index in [1.807, 2.05) is 29.2 Å². The third kappa shape index (κ3) is 5.13. The molecule has 5 rings (SSSR count). The monoisotopic (exact) mass is 509 g/mol. The molecule has 3 heterocycles. The molecule has 0 aliphatic carbocycles. The van der Waals surface area contributed by atoms with E-state index in [-0.39, 0.29) is 12.0 Å². The Kier molecular flexibility index (Phi) is 7.15. The second-order valence-corrected chi connectivity index (χ2v) is 10.5. The van der Waals surface area contributed by atoms with Crippen molar-refractivity contribution in [3.8, 4) is 11.3 Å². The first-order valence-electron chi connectivity index (χ1n) is 11.1. The van der Waals surface area contributed by atoms with Crippen molar-refractivity contribution in [1.29, 1.82) is 0 Å². The number of rotatable bonds is 7. The van der Waals surface area contributed by atoms with Gasteiger partial charge in [-0.25, -0.2) is 4.98 Å². The summed E-state index contributed by atoms with van der Waals surface area (Å²) in [5.41, 5.74) is 5.44. The zero-order chi connectivity index (χ0) is 23.5. The van der Waals surface area contributed by atoms with Crippen LogP contribution in [-0.2, 0) is 11.3 Å². The van der Waals surface area contributed by atoms with Gasteiger partial charge in [-0.1, -0.05) is 29.8 Å². The Hall–Kier alpha value is -2.45. The van der Waals surface area contributed by atoms with E-state index in [1.165, 1.54) is 11.3 Å². The Morgan fingerprint density at radius 1 is 1.24 bits per heavy atom. The smallest absolute Gasteiger partial charge is 0.265 e. The van der Waals surface area contributed by atoms with Crippen LogP contribution >= 0.6 is 34.7 Å². The number of ether oxygens (including phenoxy) is 1. The van der Waals surface area contributed by atoms with Crippen LogP contribution in [0.2, 0.25) is 5.02 Å². The van der Waals surface area contributed by atoms with E-state index in [4.69, 9.17) is 21.3 Å². The summed E-state index contributed by atoms with van der Waals surface area (Å²) < 4.78 is 5.87. The zero-order valence-corrected chi connectivity index (χ0v) is 21.1. The van der Waals surface area contributed by atoms with Crippen molar-refractivity contribution in [2.75, 3.05) is 19.4 Å². The molecule has 1 aliphatic rings. The van der Waals surface area contributed by atoms with Crippen molar-refractivity contribution >= 4 is 51.5 Å². The molecule has 1 atom stereocenters. The summed E-state index contributed by atoms with van der Waals surface area (Å²) in [6.07, 6.45) is 5.73. The number of thiazole rings is 1. The topological polar surface area (TPSA) is 55.3 Å². The molecular formula is C26H24ClN3O2S2. The normalized spacial score (nSPS) is 15.6. The van der Waals surface area contributed by atoms with Crippen LogP contribution in [0.5, 0.6) is 0 Å². The molecule has 0 saturated carbocycles. The van der Waals surface area contributed by atoms with Crippen LogP contribution in [0.1, 0.15) is 28.1 Å². The largest absolute Gasteiger partial charge is 0.376 e. The maximum Gasteiger partial charge on any atom is 0.265 e. The van der Waals surface area contributed by atoms with Gasteiger partial charge in [0, 0.05) is 40.6 Å². The van der Waals surface area contributed by atoms with E-state index < -0.39 is 0 Å². The van der Waals surface area contributed by atoms with Crippen molar-refractivity contribution < 1.29 is 9.53 Å². The van der Waals surface area contributed by atoms with E-state index in [9.17, 15) is 4.79 Å². The number of amides is 1. The van der Waals surface area contributed by atoms with E-state index in [2.05, 4.69) is 35.5 Å². The molecule has 2 aromatic carbocycles. The molecule has 4 aromatic rings. The molecule has 0 radical (unpaired) electrons. The van der Waals surface area contributed by atoms with Crippen LogP contribution in [0, 0.1) is 0 Å². The van der Waals surface area contributed by atoms with Gasteiger partial charge in [0.25, 0.3) is 5.91 Å². The third-order valence-electron chi connectivity index (χ3n) is 5.96. The van der Waals surface area contributed by atoms with Gasteiger partial charge in [-0.15, -0.1) is 23.1 Å². The van der Waals surface area contributed by atoms with Gasteiger partial charge in [0.15, 0.2) is 0 Å². The van der Waals surface area contributed by atoms with Crippen LogP contribution < -0.4 is 0 Å². The Morgan fingerprint density at radius 2 is 2.09 bits per heavy atom. The van der Waals surface area contributed by atoms with Gasteiger partial charge in [-0.3, -0.25) is 9.78 Å². The van der Waals surface area contributed by atoms with Gasteiger partial charge >= 0.3 is 0 Å². The molecular weight excluding hydrogens is 486 g/mol. The minimum atomic E-state index is -0.0297. The van der Waals surface area contributed by atoms with E-state index in [0.717, 1.165) is 52.1 Å². The van der Waals surface area contributed by atoms with Crippen LogP contribution in [0.25, 0.3) is 22.2 Å². The highest BCUT2D eigenvalue weighted by atomic mass is 35.5. The Bertz CT molecular complexity index is 1290. The number of fused-ring (bicyclic) bond motifs is 1. The highest BCUT2D eigenvalue weighted by molar-refractivity contribution is 7.98. The van der Waals surface area contributed by atoms with Crippen molar-refractivity contribution in [3.05, 3.63) is 75.7 Å². The summed E-state index contributed by atoms with van der Waals surface area (Å²) in [7, 11) is 0. The second-order valence-electron chi connectivity index (χ2n) is 8.25.